The van der Waals surface area contributed by atoms with Crippen molar-refractivity contribution in [3.63, 3.8) is 0 Å². The number of hydrogen-bond acceptors (Lipinski definition) is 4. The zero-order valence-corrected chi connectivity index (χ0v) is 15.1. The van der Waals surface area contributed by atoms with Gasteiger partial charge in [0, 0.05) is 18.6 Å². The minimum absolute atomic E-state index is 0.0565. The van der Waals surface area contributed by atoms with Crippen LogP contribution in [0.2, 0.25) is 0 Å². The molecule has 26 heavy (non-hydrogen) atoms. The number of aliphatic carboxylic acids is 1. The van der Waals surface area contributed by atoms with Crippen LogP contribution in [0.3, 0.4) is 0 Å². The van der Waals surface area contributed by atoms with Gasteiger partial charge in [0.1, 0.15) is 6.10 Å². The number of carboxylic acid groups (broad SMARTS) is 1. The maximum atomic E-state index is 12.6. The van der Waals surface area contributed by atoms with Gasteiger partial charge in [0.25, 0.3) is 0 Å². The molecule has 2 N–H and O–H groups in total. The molecule has 0 radical (unpaired) electrons. The van der Waals surface area contributed by atoms with E-state index in [2.05, 4.69) is 5.32 Å². The number of rotatable bonds is 6. The normalized spacial score (nSPS) is 25.6. The Morgan fingerprint density at radius 1 is 1.31 bits per heavy atom. The Morgan fingerprint density at radius 3 is 2.69 bits per heavy atom. The number of carbonyl (C=O) groups excluding carboxylic acids is 1. The SMILES string of the molecule is CCN(CC(=O)O)C1CC(NC(=O)N2CCOC(c3ccccc3)C2)C1. The molecular formula is C19H27N3O4. The predicted molar refractivity (Wildman–Crippen MR) is 96.9 cm³/mol. The smallest absolute Gasteiger partial charge is 0.317 e. The van der Waals surface area contributed by atoms with Crippen molar-refractivity contribution in [2.45, 2.75) is 38.0 Å². The number of morpholine rings is 1. The number of carboxylic acids is 1. The van der Waals surface area contributed by atoms with Crippen LogP contribution in [-0.4, -0.2) is 71.8 Å². The molecule has 1 unspecified atom stereocenters. The van der Waals surface area contributed by atoms with E-state index in [0.717, 1.165) is 18.4 Å². The summed E-state index contributed by atoms with van der Waals surface area (Å²) in [6.45, 7) is 4.40. The van der Waals surface area contributed by atoms with Gasteiger partial charge in [-0.1, -0.05) is 37.3 Å². The molecule has 2 fully saturated rings. The van der Waals surface area contributed by atoms with Crippen LogP contribution < -0.4 is 5.32 Å². The summed E-state index contributed by atoms with van der Waals surface area (Å²) in [7, 11) is 0. The van der Waals surface area contributed by atoms with E-state index >= 15 is 0 Å². The Morgan fingerprint density at radius 2 is 2.04 bits per heavy atom. The average molecular weight is 361 g/mol. The number of urea groups is 1. The lowest BCUT2D eigenvalue weighted by Crippen LogP contribution is -2.57. The standard InChI is InChI=1S/C19H27N3O4/c1-2-21(13-18(23)24)16-10-15(11-16)20-19(25)22-8-9-26-17(12-22)14-6-4-3-5-7-14/h3-7,15-17H,2,8-13H2,1H3,(H,20,25)(H,23,24). The van der Waals surface area contributed by atoms with E-state index in [9.17, 15) is 9.59 Å². The second kappa shape index (κ2) is 8.51. The molecule has 1 aliphatic carbocycles. The van der Waals surface area contributed by atoms with Gasteiger partial charge < -0.3 is 20.1 Å². The van der Waals surface area contributed by atoms with E-state index in [1.807, 2.05) is 47.1 Å². The highest BCUT2D eigenvalue weighted by atomic mass is 16.5. The molecule has 7 nitrogen and oxygen atoms in total. The number of benzene rings is 1. The minimum Gasteiger partial charge on any atom is -0.480 e. The summed E-state index contributed by atoms with van der Waals surface area (Å²) in [6, 6.07) is 10.3. The molecule has 1 aromatic carbocycles. The lowest BCUT2D eigenvalue weighted by Gasteiger charge is -2.43. The van der Waals surface area contributed by atoms with Crippen molar-refractivity contribution in [2.24, 2.45) is 0 Å². The highest BCUT2D eigenvalue weighted by molar-refractivity contribution is 5.75. The van der Waals surface area contributed by atoms with Gasteiger partial charge >= 0.3 is 12.0 Å². The molecule has 1 saturated carbocycles. The quantitative estimate of drug-likeness (QED) is 0.806. The van der Waals surface area contributed by atoms with Crippen molar-refractivity contribution in [3.05, 3.63) is 35.9 Å². The van der Waals surface area contributed by atoms with Gasteiger partial charge in [-0.05, 0) is 24.9 Å². The molecule has 1 atom stereocenters. The minimum atomic E-state index is -0.806. The Bertz CT molecular complexity index is 618. The second-order valence-electron chi connectivity index (χ2n) is 6.94. The van der Waals surface area contributed by atoms with Crippen molar-refractivity contribution >= 4 is 12.0 Å². The fourth-order valence-corrected chi connectivity index (χ4v) is 3.65. The molecule has 1 saturated heterocycles. The van der Waals surface area contributed by atoms with Crippen molar-refractivity contribution in [1.82, 2.24) is 15.1 Å². The van der Waals surface area contributed by atoms with Gasteiger partial charge in [-0.25, -0.2) is 4.79 Å². The van der Waals surface area contributed by atoms with Gasteiger partial charge in [-0.3, -0.25) is 9.69 Å². The number of likely N-dealkylation sites (N-methyl/N-ethyl adjacent to an activating group) is 1. The Kier molecular flexibility index (Phi) is 6.11. The summed E-state index contributed by atoms with van der Waals surface area (Å²) < 4.78 is 5.81. The molecule has 142 valence electrons. The van der Waals surface area contributed by atoms with Crippen molar-refractivity contribution < 1.29 is 19.4 Å². The topological polar surface area (TPSA) is 82.1 Å². The fraction of sp³-hybridized carbons (Fsp3) is 0.579. The third-order valence-electron chi connectivity index (χ3n) is 5.23. The van der Waals surface area contributed by atoms with E-state index in [1.54, 1.807) is 0 Å². The first-order chi connectivity index (χ1) is 12.6. The molecule has 1 heterocycles. The van der Waals surface area contributed by atoms with E-state index in [1.165, 1.54) is 0 Å². The average Bonchev–Trinajstić information content (AvgIpc) is 2.63. The molecule has 2 aliphatic rings. The Balaban J connectivity index is 1.46. The summed E-state index contributed by atoms with van der Waals surface area (Å²) in [4.78, 5) is 27.2. The summed E-state index contributed by atoms with van der Waals surface area (Å²) in [5.41, 5.74) is 1.08. The highest BCUT2D eigenvalue weighted by Gasteiger charge is 2.36. The fourth-order valence-electron chi connectivity index (χ4n) is 3.65. The molecular weight excluding hydrogens is 334 g/mol. The first-order valence-electron chi connectivity index (χ1n) is 9.24. The predicted octanol–water partition coefficient (Wildman–Crippen LogP) is 1.71. The Labute approximate surface area is 153 Å². The summed E-state index contributed by atoms with van der Waals surface area (Å²) in [6.07, 6.45) is 1.52. The van der Waals surface area contributed by atoms with Crippen molar-refractivity contribution in [3.8, 4) is 0 Å². The van der Waals surface area contributed by atoms with Crippen molar-refractivity contribution in [1.29, 1.82) is 0 Å². The Hall–Kier alpha value is -2.12. The number of nitrogens with zero attached hydrogens (tertiary/aromatic N) is 2. The number of carbonyl (C=O) groups is 2. The van der Waals surface area contributed by atoms with Crippen LogP contribution in [-0.2, 0) is 9.53 Å². The monoisotopic (exact) mass is 361 g/mol. The van der Waals surface area contributed by atoms with Gasteiger partial charge in [-0.2, -0.15) is 0 Å². The van der Waals surface area contributed by atoms with Crippen LogP contribution in [0.5, 0.6) is 0 Å². The molecule has 2 amide bonds. The van der Waals surface area contributed by atoms with E-state index < -0.39 is 5.97 Å². The molecule has 3 rings (SSSR count). The van der Waals surface area contributed by atoms with Crippen LogP contribution in [0.15, 0.2) is 30.3 Å². The van der Waals surface area contributed by atoms with Gasteiger partial charge in [0.2, 0.25) is 0 Å². The first-order valence-corrected chi connectivity index (χ1v) is 9.24. The molecule has 1 aliphatic heterocycles. The second-order valence-corrected chi connectivity index (χ2v) is 6.94. The number of nitrogens with one attached hydrogen (secondary N) is 1. The lowest BCUT2D eigenvalue weighted by atomic mass is 9.85. The van der Waals surface area contributed by atoms with Crippen molar-refractivity contribution in [2.75, 3.05) is 32.8 Å². The van der Waals surface area contributed by atoms with Gasteiger partial charge in [0.15, 0.2) is 0 Å². The van der Waals surface area contributed by atoms with Crippen LogP contribution in [0.1, 0.15) is 31.4 Å². The number of hydrogen-bond donors (Lipinski definition) is 2. The molecule has 0 aromatic heterocycles. The summed E-state index contributed by atoms with van der Waals surface area (Å²) in [5, 5.41) is 12.0. The first kappa shape index (κ1) is 18.7. The van der Waals surface area contributed by atoms with E-state index in [4.69, 9.17) is 9.84 Å². The van der Waals surface area contributed by atoms with Crippen LogP contribution in [0.4, 0.5) is 4.79 Å². The number of amides is 2. The maximum Gasteiger partial charge on any atom is 0.317 e. The highest BCUT2D eigenvalue weighted by Crippen LogP contribution is 2.26. The molecule has 0 spiro atoms. The largest absolute Gasteiger partial charge is 0.480 e. The van der Waals surface area contributed by atoms with E-state index in [0.29, 0.717) is 26.2 Å². The summed E-state index contributed by atoms with van der Waals surface area (Å²) in [5.74, 6) is -0.806. The van der Waals surface area contributed by atoms with Gasteiger partial charge in [-0.15, -0.1) is 0 Å². The molecule has 1 aromatic rings. The third-order valence-corrected chi connectivity index (χ3v) is 5.23. The zero-order chi connectivity index (χ0) is 18.5. The zero-order valence-electron chi connectivity index (χ0n) is 15.1. The molecule has 7 heteroatoms. The number of ether oxygens (including phenoxy) is 1. The van der Waals surface area contributed by atoms with E-state index in [-0.39, 0.29) is 30.8 Å². The third kappa shape index (κ3) is 4.53. The van der Waals surface area contributed by atoms with Gasteiger partial charge in [0.05, 0.1) is 19.7 Å². The van der Waals surface area contributed by atoms with Crippen LogP contribution in [0, 0.1) is 0 Å². The van der Waals surface area contributed by atoms with Crippen LogP contribution in [0.25, 0.3) is 0 Å². The lowest BCUT2D eigenvalue weighted by molar-refractivity contribution is -0.139. The molecule has 0 bridgehead atoms. The maximum absolute atomic E-state index is 12.6. The summed E-state index contributed by atoms with van der Waals surface area (Å²) >= 11 is 0. The van der Waals surface area contributed by atoms with Crippen LogP contribution >= 0.6 is 0 Å².